The smallest absolute Gasteiger partial charge is 0.251 e. The van der Waals surface area contributed by atoms with Gasteiger partial charge in [-0.2, -0.15) is 0 Å². The topological polar surface area (TPSA) is 36.4 Å². The molecule has 2 fully saturated rings. The standard InChI is InChI=1S/C15H18F3N3O/c16-12-2-1-6-19-13(12)21-7-3-11(10-21)14(22)20-8-4-15(17,18)5-9-20/h1-2,6,11H,3-5,7-10H2. The zero-order valence-electron chi connectivity index (χ0n) is 12.1. The minimum absolute atomic E-state index is 0.0975. The summed E-state index contributed by atoms with van der Waals surface area (Å²) in [5.74, 6) is -3.19. The number of nitrogens with zero attached hydrogens (tertiary/aromatic N) is 3. The maximum absolute atomic E-state index is 13.7. The van der Waals surface area contributed by atoms with E-state index in [-0.39, 0.29) is 43.6 Å². The first-order chi connectivity index (χ1) is 10.5. The fraction of sp³-hybridized carbons (Fsp3) is 0.600. The van der Waals surface area contributed by atoms with Gasteiger partial charge in [0.2, 0.25) is 5.91 Å². The molecule has 0 aliphatic carbocycles. The molecule has 1 aromatic heterocycles. The van der Waals surface area contributed by atoms with Gasteiger partial charge in [0.1, 0.15) is 0 Å². The van der Waals surface area contributed by atoms with E-state index in [0.29, 0.717) is 19.5 Å². The van der Waals surface area contributed by atoms with Crippen molar-refractivity contribution in [2.75, 3.05) is 31.1 Å². The molecular weight excluding hydrogens is 295 g/mol. The fourth-order valence-corrected chi connectivity index (χ4v) is 3.08. The summed E-state index contributed by atoms with van der Waals surface area (Å²) in [6, 6.07) is 2.86. The third kappa shape index (κ3) is 3.03. The second-order valence-electron chi connectivity index (χ2n) is 5.92. The lowest BCUT2D eigenvalue weighted by Gasteiger charge is -2.33. The molecule has 3 heterocycles. The normalized spacial score (nSPS) is 24.6. The summed E-state index contributed by atoms with van der Waals surface area (Å²) < 4.78 is 40.0. The lowest BCUT2D eigenvalue weighted by molar-refractivity contribution is -0.140. The monoisotopic (exact) mass is 313 g/mol. The molecule has 0 aromatic carbocycles. The Morgan fingerprint density at radius 3 is 2.68 bits per heavy atom. The number of carbonyl (C=O) groups is 1. The van der Waals surface area contributed by atoms with Crippen LogP contribution in [0.3, 0.4) is 0 Å². The summed E-state index contributed by atoms with van der Waals surface area (Å²) in [4.78, 5) is 19.7. The van der Waals surface area contributed by atoms with Crippen molar-refractivity contribution < 1.29 is 18.0 Å². The van der Waals surface area contributed by atoms with E-state index in [1.807, 2.05) is 0 Å². The molecule has 120 valence electrons. The van der Waals surface area contributed by atoms with Gasteiger partial charge in [-0.15, -0.1) is 0 Å². The maximum atomic E-state index is 13.7. The number of hydrogen-bond donors (Lipinski definition) is 0. The van der Waals surface area contributed by atoms with Crippen LogP contribution in [0.25, 0.3) is 0 Å². The van der Waals surface area contributed by atoms with Gasteiger partial charge in [0, 0.05) is 45.2 Å². The van der Waals surface area contributed by atoms with Crippen LogP contribution >= 0.6 is 0 Å². The highest BCUT2D eigenvalue weighted by atomic mass is 19.3. The van der Waals surface area contributed by atoms with Crippen molar-refractivity contribution in [3.8, 4) is 0 Å². The lowest BCUT2D eigenvalue weighted by Crippen LogP contribution is -2.45. The van der Waals surface area contributed by atoms with Crippen LogP contribution in [0.5, 0.6) is 0 Å². The van der Waals surface area contributed by atoms with E-state index < -0.39 is 11.7 Å². The van der Waals surface area contributed by atoms with E-state index >= 15 is 0 Å². The minimum atomic E-state index is -2.66. The predicted molar refractivity (Wildman–Crippen MR) is 75.3 cm³/mol. The summed E-state index contributed by atoms with van der Waals surface area (Å²) in [6.45, 7) is 1.13. The van der Waals surface area contributed by atoms with Crippen molar-refractivity contribution in [2.45, 2.75) is 25.2 Å². The molecule has 1 unspecified atom stereocenters. The van der Waals surface area contributed by atoms with Crippen molar-refractivity contribution in [3.63, 3.8) is 0 Å². The molecule has 7 heteroatoms. The molecule has 2 aliphatic rings. The first-order valence-electron chi connectivity index (χ1n) is 7.48. The SMILES string of the molecule is O=C(C1CCN(c2ncccc2F)C1)N1CCC(F)(F)CC1. The summed E-state index contributed by atoms with van der Waals surface area (Å²) in [5.41, 5.74) is 0. The number of likely N-dealkylation sites (tertiary alicyclic amines) is 1. The largest absolute Gasteiger partial charge is 0.353 e. The van der Waals surface area contributed by atoms with Gasteiger partial charge >= 0.3 is 0 Å². The first-order valence-corrected chi connectivity index (χ1v) is 7.48. The Hall–Kier alpha value is -1.79. The Balaban J connectivity index is 1.61. The van der Waals surface area contributed by atoms with Crippen LogP contribution in [-0.2, 0) is 4.79 Å². The third-order valence-corrected chi connectivity index (χ3v) is 4.38. The average Bonchev–Trinajstić information content (AvgIpc) is 2.96. The Morgan fingerprint density at radius 1 is 1.27 bits per heavy atom. The highest BCUT2D eigenvalue weighted by Gasteiger charge is 2.39. The Labute approximate surface area is 126 Å². The summed E-state index contributed by atoms with van der Waals surface area (Å²) in [6.07, 6.45) is 1.57. The van der Waals surface area contributed by atoms with Gasteiger partial charge in [0.05, 0.1) is 5.92 Å². The highest BCUT2D eigenvalue weighted by molar-refractivity contribution is 5.80. The summed E-state index contributed by atoms with van der Waals surface area (Å²) in [5, 5.41) is 0. The van der Waals surface area contributed by atoms with E-state index in [4.69, 9.17) is 0 Å². The number of halogens is 3. The maximum Gasteiger partial charge on any atom is 0.251 e. The molecule has 2 aliphatic heterocycles. The highest BCUT2D eigenvalue weighted by Crippen LogP contribution is 2.30. The van der Waals surface area contributed by atoms with Crippen molar-refractivity contribution in [3.05, 3.63) is 24.1 Å². The number of hydrogen-bond acceptors (Lipinski definition) is 3. The molecule has 22 heavy (non-hydrogen) atoms. The number of piperidine rings is 1. The molecule has 0 saturated carbocycles. The molecule has 4 nitrogen and oxygen atoms in total. The third-order valence-electron chi connectivity index (χ3n) is 4.38. The van der Waals surface area contributed by atoms with Crippen LogP contribution in [-0.4, -0.2) is 47.9 Å². The number of anilines is 1. The van der Waals surface area contributed by atoms with Crippen LogP contribution in [0.1, 0.15) is 19.3 Å². The van der Waals surface area contributed by atoms with E-state index in [2.05, 4.69) is 4.98 Å². The van der Waals surface area contributed by atoms with Gasteiger partial charge < -0.3 is 9.80 Å². The van der Waals surface area contributed by atoms with Crippen LogP contribution in [0, 0.1) is 11.7 Å². The van der Waals surface area contributed by atoms with E-state index in [1.54, 1.807) is 4.90 Å². The van der Waals surface area contributed by atoms with Gasteiger partial charge in [0.15, 0.2) is 11.6 Å². The summed E-state index contributed by atoms with van der Waals surface area (Å²) in [7, 11) is 0. The fourth-order valence-electron chi connectivity index (χ4n) is 3.08. The molecule has 0 spiro atoms. The van der Waals surface area contributed by atoms with Gasteiger partial charge in [0.25, 0.3) is 5.92 Å². The Kier molecular flexibility index (Phi) is 3.97. The van der Waals surface area contributed by atoms with Crippen LogP contribution in [0.15, 0.2) is 18.3 Å². The average molecular weight is 313 g/mol. The van der Waals surface area contributed by atoms with Gasteiger partial charge in [-0.25, -0.2) is 18.2 Å². The molecule has 1 amide bonds. The molecule has 0 N–H and O–H groups in total. The molecule has 1 atom stereocenters. The first kappa shape index (κ1) is 15.1. The molecule has 1 aromatic rings. The molecule has 2 saturated heterocycles. The minimum Gasteiger partial charge on any atom is -0.353 e. The second-order valence-corrected chi connectivity index (χ2v) is 5.92. The number of rotatable bonds is 2. The molecule has 0 radical (unpaired) electrons. The van der Waals surface area contributed by atoms with E-state index in [1.165, 1.54) is 23.2 Å². The number of amides is 1. The quantitative estimate of drug-likeness (QED) is 0.841. The number of aromatic nitrogens is 1. The second kappa shape index (κ2) is 5.78. The van der Waals surface area contributed by atoms with E-state index in [9.17, 15) is 18.0 Å². The lowest BCUT2D eigenvalue weighted by atomic mass is 10.0. The number of alkyl halides is 2. The van der Waals surface area contributed by atoms with Crippen LogP contribution in [0.2, 0.25) is 0 Å². The zero-order chi connectivity index (χ0) is 15.7. The Bertz CT molecular complexity index is 557. The van der Waals surface area contributed by atoms with Crippen molar-refractivity contribution in [1.82, 2.24) is 9.88 Å². The zero-order valence-corrected chi connectivity index (χ0v) is 12.1. The van der Waals surface area contributed by atoms with Gasteiger partial charge in [-0.1, -0.05) is 0 Å². The van der Waals surface area contributed by atoms with Gasteiger partial charge in [-0.05, 0) is 18.6 Å². The predicted octanol–water partition coefficient (Wildman–Crippen LogP) is 2.30. The van der Waals surface area contributed by atoms with Crippen molar-refractivity contribution >= 4 is 11.7 Å². The van der Waals surface area contributed by atoms with Crippen molar-refractivity contribution in [2.24, 2.45) is 5.92 Å². The molecular formula is C15H18F3N3O. The number of pyridine rings is 1. The van der Waals surface area contributed by atoms with Crippen LogP contribution in [0.4, 0.5) is 19.0 Å². The number of carbonyl (C=O) groups excluding carboxylic acids is 1. The summed E-state index contributed by atoms with van der Waals surface area (Å²) >= 11 is 0. The molecule has 3 rings (SSSR count). The van der Waals surface area contributed by atoms with Gasteiger partial charge in [-0.3, -0.25) is 4.79 Å². The molecule has 0 bridgehead atoms. The van der Waals surface area contributed by atoms with E-state index in [0.717, 1.165) is 0 Å². The van der Waals surface area contributed by atoms with Crippen molar-refractivity contribution in [1.29, 1.82) is 0 Å². The van der Waals surface area contributed by atoms with Crippen LogP contribution < -0.4 is 4.90 Å². The Morgan fingerprint density at radius 2 is 2.00 bits per heavy atom.